The fourth-order valence-electron chi connectivity index (χ4n) is 3.10. The zero-order valence-electron chi connectivity index (χ0n) is 16.6. The lowest BCUT2D eigenvalue weighted by molar-refractivity contribution is -0.117. The first-order chi connectivity index (χ1) is 15.4. The Bertz CT molecular complexity index is 1350. The third-order valence-electron chi connectivity index (χ3n) is 4.57. The lowest BCUT2D eigenvalue weighted by atomic mass is 10.2. The van der Waals surface area contributed by atoms with Crippen molar-refractivity contribution in [2.45, 2.75) is 13.1 Å². The summed E-state index contributed by atoms with van der Waals surface area (Å²) >= 11 is 0. The van der Waals surface area contributed by atoms with E-state index in [0.717, 1.165) is 26.8 Å². The number of anilines is 1. The summed E-state index contributed by atoms with van der Waals surface area (Å²) in [5, 5.41) is 9.13. The monoisotopic (exact) mass is 437 g/mol. The van der Waals surface area contributed by atoms with Crippen molar-refractivity contribution < 1.29 is 18.4 Å². The van der Waals surface area contributed by atoms with Gasteiger partial charge >= 0.3 is 5.69 Å². The molecule has 0 aliphatic carbocycles. The number of carbonyl (C=O) groups excluding carboxylic acids is 2. The van der Waals surface area contributed by atoms with E-state index < -0.39 is 29.8 Å². The summed E-state index contributed by atoms with van der Waals surface area (Å²) in [6.45, 7) is -0.152. The van der Waals surface area contributed by atoms with Crippen LogP contribution >= 0.6 is 0 Å². The number of amides is 2. The molecule has 0 radical (unpaired) electrons. The number of aromatic nitrogens is 3. The van der Waals surface area contributed by atoms with E-state index in [1.165, 1.54) is 18.3 Å². The van der Waals surface area contributed by atoms with Gasteiger partial charge in [-0.15, -0.1) is 5.10 Å². The molecule has 10 heteroatoms. The van der Waals surface area contributed by atoms with E-state index in [4.69, 9.17) is 0 Å². The quantitative estimate of drug-likeness (QED) is 0.484. The van der Waals surface area contributed by atoms with Gasteiger partial charge in [0, 0.05) is 24.5 Å². The highest BCUT2D eigenvalue weighted by atomic mass is 19.1. The van der Waals surface area contributed by atoms with Gasteiger partial charge in [0.05, 0.1) is 5.56 Å². The summed E-state index contributed by atoms with van der Waals surface area (Å²) in [7, 11) is 0. The Kier molecular flexibility index (Phi) is 5.75. The van der Waals surface area contributed by atoms with Crippen molar-refractivity contribution in [3.63, 3.8) is 0 Å². The van der Waals surface area contributed by atoms with Crippen LogP contribution in [0.1, 0.15) is 15.9 Å². The highest BCUT2D eigenvalue weighted by Gasteiger charge is 2.14. The van der Waals surface area contributed by atoms with Crippen LogP contribution in [0.5, 0.6) is 0 Å². The van der Waals surface area contributed by atoms with Crippen molar-refractivity contribution in [2.24, 2.45) is 0 Å². The van der Waals surface area contributed by atoms with E-state index in [1.54, 1.807) is 0 Å². The van der Waals surface area contributed by atoms with Gasteiger partial charge in [0.15, 0.2) is 5.65 Å². The molecule has 0 unspecified atom stereocenters. The summed E-state index contributed by atoms with van der Waals surface area (Å²) in [5.74, 6) is -2.76. The van der Waals surface area contributed by atoms with Crippen LogP contribution < -0.4 is 16.3 Å². The summed E-state index contributed by atoms with van der Waals surface area (Å²) in [6.07, 6.45) is 1.33. The number of rotatable bonds is 6. The lowest BCUT2D eigenvalue weighted by Gasteiger charge is -2.05. The molecule has 4 aromatic rings. The van der Waals surface area contributed by atoms with Gasteiger partial charge in [0.25, 0.3) is 5.91 Å². The van der Waals surface area contributed by atoms with Crippen LogP contribution in [0.2, 0.25) is 0 Å². The number of benzene rings is 2. The molecule has 8 nitrogen and oxygen atoms in total. The number of carbonyl (C=O) groups is 2. The molecule has 4 rings (SSSR count). The van der Waals surface area contributed by atoms with E-state index >= 15 is 0 Å². The van der Waals surface area contributed by atoms with Crippen LogP contribution in [0.4, 0.5) is 14.5 Å². The molecule has 2 aromatic heterocycles. The Morgan fingerprint density at radius 3 is 2.41 bits per heavy atom. The molecule has 0 saturated carbocycles. The summed E-state index contributed by atoms with van der Waals surface area (Å²) < 4.78 is 28.6. The van der Waals surface area contributed by atoms with Crippen LogP contribution in [0, 0.1) is 11.6 Å². The zero-order valence-corrected chi connectivity index (χ0v) is 16.6. The highest BCUT2D eigenvalue weighted by Crippen LogP contribution is 2.13. The fraction of sp³-hybridized carbons (Fsp3) is 0.0909. The number of hydrogen-bond acceptors (Lipinski definition) is 4. The largest absolute Gasteiger partial charge is 0.350 e. The molecule has 2 N–H and O–H groups in total. The van der Waals surface area contributed by atoms with Crippen molar-refractivity contribution in [3.05, 3.63) is 100 Å². The number of fused-ring (bicyclic) bond motifs is 1. The second kappa shape index (κ2) is 8.80. The first-order valence-corrected chi connectivity index (χ1v) is 9.56. The van der Waals surface area contributed by atoms with Crippen LogP contribution in [0.25, 0.3) is 5.65 Å². The highest BCUT2D eigenvalue weighted by molar-refractivity contribution is 5.94. The van der Waals surface area contributed by atoms with Gasteiger partial charge in [-0.3, -0.25) is 9.59 Å². The van der Waals surface area contributed by atoms with Crippen molar-refractivity contribution in [2.75, 3.05) is 5.32 Å². The lowest BCUT2D eigenvalue weighted by Crippen LogP contribution is -2.28. The molecule has 0 aliphatic heterocycles. The van der Waals surface area contributed by atoms with Gasteiger partial charge in [-0.25, -0.2) is 22.7 Å². The maximum absolute atomic E-state index is 13.3. The molecule has 32 heavy (non-hydrogen) atoms. The minimum atomic E-state index is -0.844. The first kappa shape index (κ1) is 20.9. The molecule has 2 amide bonds. The van der Waals surface area contributed by atoms with Gasteiger partial charge in [-0.2, -0.15) is 0 Å². The van der Waals surface area contributed by atoms with E-state index in [0.29, 0.717) is 12.6 Å². The van der Waals surface area contributed by atoms with Crippen molar-refractivity contribution in [1.29, 1.82) is 0 Å². The van der Waals surface area contributed by atoms with E-state index in [-0.39, 0.29) is 22.8 Å². The molecule has 0 atom stereocenters. The summed E-state index contributed by atoms with van der Waals surface area (Å²) in [6, 6.07) is 14.9. The molecule has 0 bridgehead atoms. The number of halogens is 2. The molecule has 2 aromatic carbocycles. The number of nitrogens with one attached hydrogen (secondary N) is 2. The van der Waals surface area contributed by atoms with E-state index in [1.807, 2.05) is 30.3 Å². The van der Waals surface area contributed by atoms with E-state index in [9.17, 15) is 23.2 Å². The molecule has 0 spiro atoms. The van der Waals surface area contributed by atoms with Gasteiger partial charge in [0.1, 0.15) is 18.2 Å². The van der Waals surface area contributed by atoms with Crippen molar-refractivity contribution >= 4 is 23.1 Å². The summed E-state index contributed by atoms with van der Waals surface area (Å²) in [4.78, 5) is 37.2. The second-order valence-corrected chi connectivity index (χ2v) is 6.96. The van der Waals surface area contributed by atoms with Gasteiger partial charge < -0.3 is 10.6 Å². The molecular weight excluding hydrogens is 420 g/mol. The molecule has 0 fully saturated rings. The molecule has 162 valence electrons. The first-order valence-electron chi connectivity index (χ1n) is 9.56. The Hall–Kier alpha value is -4.34. The molecule has 0 saturated heterocycles. The smallest absolute Gasteiger partial charge is 0.348 e. The molecular formula is C22H17F2N5O3. The minimum Gasteiger partial charge on any atom is -0.348 e. The SMILES string of the molecule is O=C(Cn1nc2ccc(C(=O)NCc3ccccc3)cn2c1=O)Nc1cc(F)cc(F)c1. The second-order valence-electron chi connectivity index (χ2n) is 6.96. The Balaban J connectivity index is 1.48. The number of pyridine rings is 1. The van der Waals surface area contributed by atoms with E-state index in [2.05, 4.69) is 15.7 Å². The molecule has 2 heterocycles. The average Bonchev–Trinajstić information content (AvgIpc) is 3.06. The maximum Gasteiger partial charge on any atom is 0.350 e. The van der Waals surface area contributed by atoms with Crippen molar-refractivity contribution in [3.8, 4) is 0 Å². The normalized spacial score (nSPS) is 10.8. The Labute approximate surface area is 180 Å². The third kappa shape index (κ3) is 4.69. The number of nitrogens with zero attached hydrogens (tertiary/aromatic N) is 3. The maximum atomic E-state index is 13.3. The van der Waals surface area contributed by atoms with Crippen LogP contribution in [-0.2, 0) is 17.9 Å². The van der Waals surface area contributed by atoms with Crippen LogP contribution in [-0.4, -0.2) is 26.0 Å². The minimum absolute atomic E-state index is 0.0818. The fourth-order valence-corrected chi connectivity index (χ4v) is 3.10. The zero-order chi connectivity index (χ0) is 22.7. The predicted octanol–water partition coefficient (Wildman–Crippen LogP) is 2.34. The van der Waals surface area contributed by atoms with Gasteiger partial charge in [-0.1, -0.05) is 30.3 Å². The van der Waals surface area contributed by atoms with Crippen LogP contribution in [0.15, 0.2) is 71.7 Å². The average molecular weight is 437 g/mol. The summed E-state index contributed by atoms with van der Waals surface area (Å²) in [5.41, 5.74) is 0.685. The van der Waals surface area contributed by atoms with Gasteiger partial charge in [-0.05, 0) is 29.8 Å². The predicted molar refractivity (Wildman–Crippen MR) is 112 cm³/mol. The Morgan fingerprint density at radius 1 is 0.969 bits per heavy atom. The van der Waals surface area contributed by atoms with Crippen LogP contribution in [0.3, 0.4) is 0 Å². The number of hydrogen-bond donors (Lipinski definition) is 2. The standard InChI is InChI=1S/C22H17F2N5O3/c23-16-8-17(24)10-18(9-16)26-20(30)13-29-22(32)28-12-15(6-7-19(28)27-29)21(31)25-11-14-4-2-1-3-5-14/h1-10,12H,11,13H2,(H,25,31)(H,26,30). The third-order valence-corrected chi connectivity index (χ3v) is 4.57. The Morgan fingerprint density at radius 2 is 1.69 bits per heavy atom. The van der Waals surface area contributed by atoms with Crippen molar-refractivity contribution in [1.82, 2.24) is 19.5 Å². The topological polar surface area (TPSA) is 97.5 Å². The van der Waals surface area contributed by atoms with Gasteiger partial charge in [0.2, 0.25) is 5.91 Å². The molecule has 0 aliphatic rings.